The van der Waals surface area contributed by atoms with Gasteiger partial charge in [0.25, 0.3) is 5.91 Å². The molecule has 0 unspecified atom stereocenters. The summed E-state index contributed by atoms with van der Waals surface area (Å²) in [5.74, 6) is 2.29. The molecule has 1 amide bonds. The molecule has 2 heterocycles. The zero-order valence-electron chi connectivity index (χ0n) is 12.1. The summed E-state index contributed by atoms with van der Waals surface area (Å²) in [7, 11) is 0. The smallest absolute Gasteiger partial charge is 0.251 e. The Morgan fingerprint density at radius 3 is 2.81 bits per heavy atom. The molecule has 3 rings (SSSR count). The van der Waals surface area contributed by atoms with Gasteiger partial charge in [-0.05, 0) is 26.7 Å². The van der Waals surface area contributed by atoms with Crippen LogP contribution in [0.3, 0.4) is 0 Å². The van der Waals surface area contributed by atoms with Crippen molar-refractivity contribution >= 4 is 11.7 Å². The van der Waals surface area contributed by atoms with Gasteiger partial charge in [-0.25, -0.2) is 14.6 Å². The third-order valence-corrected chi connectivity index (χ3v) is 3.51. The maximum Gasteiger partial charge on any atom is 0.251 e. The van der Waals surface area contributed by atoms with Crippen LogP contribution in [-0.2, 0) is 0 Å². The van der Waals surface area contributed by atoms with E-state index in [9.17, 15) is 4.79 Å². The lowest BCUT2D eigenvalue weighted by atomic mass is 10.2. The predicted molar refractivity (Wildman–Crippen MR) is 78.5 cm³/mol. The molecular formula is C14H18N6O. The molecule has 0 spiro atoms. The Bertz CT molecular complexity index is 689. The Balaban J connectivity index is 2.08. The second-order valence-electron chi connectivity index (χ2n) is 5.22. The van der Waals surface area contributed by atoms with Gasteiger partial charge in [-0.3, -0.25) is 4.79 Å². The van der Waals surface area contributed by atoms with Gasteiger partial charge in [-0.2, -0.15) is 5.10 Å². The van der Waals surface area contributed by atoms with Crippen molar-refractivity contribution in [2.75, 3.05) is 11.9 Å². The molecule has 0 atom stereocenters. The number of nitrogens with zero attached hydrogens (tertiary/aromatic N) is 4. The minimum absolute atomic E-state index is 0.367. The van der Waals surface area contributed by atoms with E-state index < -0.39 is 5.91 Å². The standard InChI is InChI=1S/C14H18N6O/c1-3-16-12-8(2)14(19-13(18-12)9-4-5-9)20-7-10(6-17-20)11(15)21/h6-7,9H,3-5H2,1-2H3,(H2,15,21)(H,16,18,19). The molecule has 7 nitrogen and oxygen atoms in total. The van der Waals surface area contributed by atoms with Crippen LogP contribution in [0.4, 0.5) is 5.82 Å². The first-order valence-electron chi connectivity index (χ1n) is 7.07. The van der Waals surface area contributed by atoms with Crippen LogP contribution in [0.5, 0.6) is 0 Å². The number of hydrogen-bond acceptors (Lipinski definition) is 5. The largest absolute Gasteiger partial charge is 0.370 e. The molecule has 3 N–H and O–H groups in total. The summed E-state index contributed by atoms with van der Waals surface area (Å²) < 4.78 is 1.59. The molecule has 1 fully saturated rings. The Morgan fingerprint density at radius 2 is 2.24 bits per heavy atom. The van der Waals surface area contributed by atoms with Gasteiger partial charge in [0.1, 0.15) is 11.6 Å². The zero-order valence-corrected chi connectivity index (χ0v) is 12.1. The average Bonchev–Trinajstić information content (AvgIpc) is 3.18. The van der Waals surface area contributed by atoms with Crippen molar-refractivity contribution in [2.24, 2.45) is 5.73 Å². The fraction of sp³-hybridized carbons (Fsp3) is 0.429. The topological polar surface area (TPSA) is 98.7 Å². The SMILES string of the molecule is CCNc1nc(C2CC2)nc(-n2cc(C(N)=O)cn2)c1C. The van der Waals surface area contributed by atoms with Crippen LogP contribution in [0.25, 0.3) is 5.82 Å². The summed E-state index contributed by atoms with van der Waals surface area (Å²) in [5.41, 5.74) is 6.54. The summed E-state index contributed by atoms with van der Waals surface area (Å²) >= 11 is 0. The van der Waals surface area contributed by atoms with E-state index in [0.717, 1.165) is 36.6 Å². The van der Waals surface area contributed by atoms with Crippen molar-refractivity contribution in [3.63, 3.8) is 0 Å². The van der Waals surface area contributed by atoms with Crippen LogP contribution >= 0.6 is 0 Å². The highest BCUT2D eigenvalue weighted by Gasteiger charge is 2.28. The fourth-order valence-corrected chi connectivity index (χ4v) is 2.17. The quantitative estimate of drug-likeness (QED) is 0.865. The van der Waals surface area contributed by atoms with Crippen molar-refractivity contribution in [2.45, 2.75) is 32.6 Å². The number of primary amides is 1. The molecule has 1 aliphatic carbocycles. The van der Waals surface area contributed by atoms with Gasteiger partial charge in [0.2, 0.25) is 0 Å². The second kappa shape index (κ2) is 5.16. The molecule has 2 aromatic heterocycles. The van der Waals surface area contributed by atoms with Crippen molar-refractivity contribution in [1.82, 2.24) is 19.7 Å². The molecule has 2 aromatic rings. The van der Waals surface area contributed by atoms with Crippen LogP contribution in [0, 0.1) is 6.92 Å². The molecule has 110 valence electrons. The zero-order chi connectivity index (χ0) is 15.0. The predicted octanol–water partition coefficient (Wildman–Crippen LogP) is 1.38. The fourth-order valence-electron chi connectivity index (χ4n) is 2.17. The molecule has 0 bridgehead atoms. The molecule has 0 radical (unpaired) electrons. The maximum absolute atomic E-state index is 11.2. The summed E-state index contributed by atoms with van der Waals surface area (Å²) in [5, 5.41) is 7.44. The van der Waals surface area contributed by atoms with Crippen LogP contribution < -0.4 is 11.1 Å². The lowest BCUT2D eigenvalue weighted by Crippen LogP contribution is -2.12. The molecule has 0 aromatic carbocycles. The highest BCUT2D eigenvalue weighted by atomic mass is 16.1. The van der Waals surface area contributed by atoms with Gasteiger partial charge in [0, 0.05) is 24.2 Å². The maximum atomic E-state index is 11.2. The molecular weight excluding hydrogens is 268 g/mol. The van der Waals surface area contributed by atoms with Gasteiger partial charge >= 0.3 is 0 Å². The molecule has 0 aliphatic heterocycles. The lowest BCUT2D eigenvalue weighted by molar-refractivity contribution is 0.100. The van der Waals surface area contributed by atoms with Crippen molar-refractivity contribution in [3.05, 3.63) is 29.3 Å². The summed E-state index contributed by atoms with van der Waals surface area (Å²) in [6, 6.07) is 0. The number of rotatable bonds is 5. The van der Waals surface area contributed by atoms with E-state index >= 15 is 0 Å². The van der Waals surface area contributed by atoms with E-state index in [1.54, 1.807) is 10.9 Å². The third-order valence-electron chi connectivity index (χ3n) is 3.51. The molecule has 7 heteroatoms. The number of nitrogens with two attached hydrogens (primary N) is 1. The van der Waals surface area contributed by atoms with E-state index in [-0.39, 0.29) is 0 Å². The first-order valence-corrected chi connectivity index (χ1v) is 7.07. The summed E-state index contributed by atoms with van der Waals surface area (Å²) in [6.07, 6.45) is 5.30. The van der Waals surface area contributed by atoms with Crippen LogP contribution in [0.1, 0.15) is 47.4 Å². The Hall–Kier alpha value is -2.44. The monoisotopic (exact) mass is 286 g/mol. The highest BCUT2D eigenvalue weighted by Crippen LogP contribution is 2.39. The number of aromatic nitrogens is 4. The second-order valence-corrected chi connectivity index (χ2v) is 5.22. The van der Waals surface area contributed by atoms with Crippen LogP contribution in [0.2, 0.25) is 0 Å². The number of hydrogen-bond donors (Lipinski definition) is 2. The minimum atomic E-state index is -0.498. The first kappa shape index (κ1) is 13.5. The number of nitrogens with one attached hydrogen (secondary N) is 1. The van der Waals surface area contributed by atoms with E-state index in [0.29, 0.717) is 17.3 Å². The van der Waals surface area contributed by atoms with Gasteiger partial charge in [0.15, 0.2) is 5.82 Å². The van der Waals surface area contributed by atoms with Crippen LogP contribution in [-0.4, -0.2) is 32.2 Å². The molecule has 21 heavy (non-hydrogen) atoms. The Kier molecular flexibility index (Phi) is 3.32. The molecule has 0 saturated heterocycles. The molecule has 1 saturated carbocycles. The first-order chi connectivity index (χ1) is 10.1. The lowest BCUT2D eigenvalue weighted by Gasteiger charge is -2.12. The van der Waals surface area contributed by atoms with E-state index in [4.69, 9.17) is 5.73 Å². The number of amides is 1. The molecule has 1 aliphatic rings. The van der Waals surface area contributed by atoms with Crippen molar-refractivity contribution in [1.29, 1.82) is 0 Å². The van der Waals surface area contributed by atoms with Gasteiger partial charge in [-0.1, -0.05) is 0 Å². The highest BCUT2D eigenvalue weighted by molar-refractivity contribution is 5.92. The summed E-state index contributed by atoms with van der Waals surface area (Å²) in [4.78, 5) is 20.4. The summed E-state index contributed by atoms with van der Waals surface area (Å²) in [6.45, 7) is 4.75. The van der Waals surface area contributed by atoms with E-state index in [1.165, 1.54) is 6.20 Å². The van der Waals surface area contributed by atoms with E-state index in [2.05, 4.69) is 20.4 Å². The Labute approximate surface area is 122 Å². The number of carbonyl (C=O) groups excluding carboxylic acids is 1. The number of carbonyl (C=O) groups is 1. The number of anilines is 1. The normalized spacial score (nSPS) is 14.2. The van der Waals surface area contributed by atoms with Gasteiger partial charge < -0.3 is 11.1 Å². The van der Waals surface area contributed by atoms with Crippen molar-refractivity contribution in [3.8, 4) is 5.82 Å². The van der Waals surface area contributed by atoms with Crippen LogP contribution in [0.15, 0.2) is 12.4 Å². The van der Waals surface area contributed by atoms with Gasteiger partial charge in [0.05, 0.1) is 11.8 Å². The average molecular weight is 286 g/mol. The van der Waals surface area contributed by atoms with Crippen molar-refractivity contribution < 1.29 is 4.79 Å². The van der Waals surface area contributed by atoms with E-state index in [1.807, 2.05) is 13.8 Å². The van der Waals surface area contributed by atoms with Gasteiger partial charge in [-0.15, -0.1) is 0 Å². The third kappa shape index (κ3) is 2.58. The minimum Gasteiger partial charge on any atom is -0.370 e. The Morgan fingerprint density at radius 1 is 1.48 bits per heavy atom.